The van der Waals surface area contributed by atoms with Gasteiger partial charge >= 0.3 is 0 Å². The van der Waals surface area contributed by atoms with Gasteiger partial charge in [-0.05, 0) is 72.8 Å². The third-order valence-electron chi connectivity index (χ3n) is 10.8. The van der Waals surface area contributed by atoms with E-state index in [0.29, 0.717) is 17.6 Å². The van der Waals surface area contributed by atoms with Crippen molar-refractivity contribution in [2.24, 2.45) is 0 Å². The van der Waals surface area contributed by atoms with Gasteiger partial charge in [0.05, 0.1) is 11.0 Å². The number of aromatic nitrogens is 4. The second-order valence-corrected chi connectivity index (χ2v) is 14.0. The molecule has 0 saturated carbocycles. The molecule has 0 saturated heterocycles. The van der Waals surface area contributed by atoms with Crippen LogP contribution in [0.3, 0.4) is 0 Å². The van der Waals surface area contributed by atoms with E-state index in [2.05, 4.69) is 180 Å². The Morgan fingerprint density at radius 1 is 0.309 bits per heavy atom. The molecule has 0 aliphatic heterocycles. The van der Waals surface area contributed by atoms with Crippen LogP contribution in [0, 0.1) is 0 Å². The molecule has 11 rings (SSSR count). The first-order valence-electron chi connectivity index (χ1n) is 18.6. The fourth-order valence-electron chi connectivity index (χ4n) is 8.24. The quantitative estimate of drug-likeness (QED) is 0.179. The highest BCUT2D eigenvalue weighted by Crippen LogP contribution is 2.40. The summed E-state index contributed by atoms with van der Waals surface area (Å²) in [7, 11) is 0. The van der Waals surface area contributed by atoms with E-state index < -0.39 is 0 Å². The van der Waals surface area contributed by atoms with Crippen LogP contribution >= 0.6 is 0 Å². The zero-order valence-electron chi connectivity index (χ0n) is 29.8. The van der Waals surface area contributed by atoms with Crippen LogP contribution in [0.4, 0.5) is 0 Å². The van der Waals surface area contributed by atoms with Gasteiger partial charge in [-0.3, -0.25) is 4.57 Å². The van der Waals surface area contributed by atoms with E-state index in [4.69, 9.17) is 15.0 Å². The monoisotopic (exact) mass is 700 g/mol. The molecule has 0 bridgehead atoms. The lowest BCUT2D eigenvalue weighted by Crippen LogP contribution is -2.06. The molecule has 0 aliphatic rings. The fourth-order valence-corrected chi connectivity index (χ4v) is 8.24. The summed E-state index contributed by atoms with van der Waals surface area (Å²) in [5.74, 6) is 1.83. The normalized spacial score (nSPS) is 11.6. The number of benzene rings is 9. The average Bonchev–Trinajstić information content (AvgIpc) is 3.59. The molecule has 0 atom stereocenters. The summed E-state index contributed by atoms with van der Waals surface area (Å²) in [5.41, 5.74) is 8.72. The van der Waals surface area contributed by atoms with Crippen molar-refractivity contribution in [1.82, 2.24) is 19.5 Å². The summed E-state index contributed by atoms with van der Waals surface area (Å²) in [6.45, 7) is 0. The first-order chi connectivity index (χ1) is 27.3. The lowest BCUT2D eigenvalue weighted by atomic mass is 9.91. The Hall–Kier alpha value is -7.43. The Bertz CT molecular complexity index is 3230. The highest BCUT2D eigenvalue weighted by atomic mass is 15.2. The van der Waals surface area contributed by atoms with Gasteiger partial charge in [-0.15, -0.1) is 0 Å². The minimum absolute atomic E-state index is 0.583. The minimum atomic E-state index is 0.583. The van der Waals surface area contributed by atoms with Gasteiger partial charge in [-0.1, -0.05) is 176 Å². The third kappa shape index (κ3) is 5.19. The molecule has 0 amide bonds. The molecular formula is C51H32N4. The largest absolute Gasteiger partial charge is 0.278 e. The lowest BCUT2D eigenvalue weighted by Gasteiger charge is -2.14. The number of fused-ring (bicyclic) bond motifs is 7. The second-order valence-electron chi connectivity index (χ2n) is 14.0. The second kappa shape index (κ2) is 12.6. The first-order valence-corrected chi connectivity index (χ1v) is 18.6. The van der Waals surface area contributed by atoms with E-state index in [9.17, 15) is 0 Å². The number of rotatable bonds is 5. The molecule has 0 N–H and O–H groups in total. The molecule has 256 valence electrons. The lowest BCUT2D eigenvalue weighted by molar-refractivity contribution is 0.954. The van der Waals surface area contributed by atoms with Gasteiger partial charge < -0.3 is 0 Å². The minimum Gasteiger partial charge on any atom is -0.278 e. The molecule has 4 nitrogen and oxygen atoms in total. The molecule has 0 fully saturated rings. The number of hydrogen-bond donors (Lipinski definition) is 0. The molecule has 4 heteroatoms. The smallest absolute Gasteiger partial charge is 0.238 e. The zero-order chi connectivity index (χ0) is 36.3. The highest BCUT2D eigenvalue weighted by molar-refractivity contribution is 6.23. The van der Waals surface area contributed by atoms with Crippen LogP contribution in [0.5, 0.6) is 0 Å². The maximum absolute atomic E-state index is 5.28. The Labute approximate surface area is 317 Å². The van der Waals surface area contributed by atoms with Gasteiger partial charge in [0, 0.05) is 21.9 Å². The van der Waals surface area contributed by atoms with Crippen LogP contribution in [-0.2, 0) is 0 Å². The average molecular weight is 701 g/mol. The van der Waals surface area contributed by atoms with E-state index in [-0.39, 0.29) is 0 Å². The van der Waals surface area contributed by atoms with Gasteiger partial charge in [-0.2, -0.15) is 9.97 Å². The van der Waals surface area contributed by atoms with Crippen LogP contribution in [0.25, 0.3) is 105 Å². The summed E-state index contributed by atoms with van der Waals surface area (Å²) in [6.07, 6.45) is 0. The van der Waals surface area contributed by atoms with Crippen molar-refractivity contribution in [3.05, 3.63) is 194 Å². The first kappa shape index (κ1) is 31.1. The summed E-state index contributed by atoms with van der Waals surface area (Å²) >= 11 is 0. The summed E-state index contributed by atoms with van der Waals surface area (Å²) in [5, 5.41) is 9.58. The fraction of sp³-hybridized carbons (Fsp3) is 0. The van der Waals surface area contributed by atoms with E-state index in [0.717, 1.165) is 27.7 Å². The van der Waals surface area contributed by atoms with E-state index in [1.54, 1.807) is 0 Å². The summed E-state index contributed by atoms with van der Waals surface area (Å²) in [6, 6.07) is 68.7. The van der Waals surface area contributed by atoms with Crippen LogP contribution in [-0.4, -0.2) is 19.5 Å². The molecule has 55 heavy (non-hydrogen) atoms. The predicted octanol–water partition coefficient (Wildman–Crippen LogP) is 13.1. The van der Waals surface area contributed by atoms with Gasteiger partial charge in [0.1, 0.15) is 0 Å². The Morgan fingerprint density at radius 2 is 0.836 bits per heavy atom. The van der Waals surface area contributed by atoms with Gasteiger partial charge in [0.15, 0.2) is 11.6 Å². The molecule has 2 aromatic heterocycles. The topological polar surface area (TPSA) is 43.6 Å². The van der Waals surface area contributed by atoms with Crippen molar-refractivity contribution in [3.8, 4) is 51.0 Å². The summed E-state index contributed by atoms with van der Waals surface area (Å²) in [4.78, 5) is 15.6. The van der Waals surface area contributed by atoms with Crippen LogP contribution in [0.2, 0.25) is 0 Å². The number of hydrogen-bond acceptors (Lipinski definition) is 3. The van der Waals surface area contributed by atoms with Crippen molar-refractivity contribution < 1.29 is 0 Å². The molecule has 0 aliphatic carbocycles. The Kier molecular flexibility index (Phi) is 7.14. The maximum atomic E-state index is 5.28. The van der Waals surface area contributed by atoms with Gasteiger partial charge in [0.25, 0.3) is 0 Å². The molecule has 0 spiro atoms. The Balaban J connectivity index is 1.12. The molecule has 0 unspecified atom stereocenters. The van der Waals surface area contributed by atoms with Crippen LogP contribution in [0.15, 0.2) is 194 Å². The predicted molar refractivity (Wildman–Crippen MR) is 228 cm³/mol. The van der Waals surface area contributed by atoms with Crippen molar-refractivity contribution in [2.75, 3.05) is 0 Å². The third-order valence-corrected chi connectivity index (χ3v) is 10.8. The number of nitrogens with zero attached hydrogens (tertiary/aromatic N) is 4. The van der Waals surface area contributed by atoms with E-state index in [1.165, 1.54) is 59.8 Å². The van der Waals surface area contributed by atoms with Crippen molar-refractivity contribution in [3.63, 3.8) is 0 Å². The van der Waals surface area contributed by atoms with Crippen molar-refractivity contribution in [1.29, 1.82) is 0 Å². The molecule has 2 heterocycles. The van der Waals surface area contributed by atoms with Crippen LogP contribution in [0.1, 0.15) is 0 Å². The molecule has 0 radical (unpaired) electrons. The van der Waals surface area contributed by atoms with Crippen molar-refractivity contribution >= 4 is 54.1 Å². The van der Waals surface area contributed by atoms with Crippen LogP contribution < -0.4 is 0 Å². The zero-order valence-corrected chi connectivity index (χ0v) is 29.8. The highest BCUT2D eigenvalue weighted by Gasteiger charge is 2.20. The van der Waals surface area contributed by atoms with E-state index in [1.807, 2.05) is 18.2 Å². The SMILES string of the molecule is c1ccc(-c2nc(-c3ccc(-c4cccc5cccc(-c6ccccc6)c45)cc3)nc(-n3c4cc5ccccc5cc4c4c5ccccc5ccc43)n2)cc1. The van der Waals surface area contributed by atoms with E-state index >= 15 is 0 Å². The maximum Gasteiger partial charge on any atom is 0.238 e. The molecule has 9 aromatic carbocycles. The summed E-state index contributed by atoms with van der Waals surface area (Å²) < 4.78 is 2.22. The van der Waals surface area contributed by atoms with Gasteiger partial charge in [0.2, 0.25) is 5.95 Å². The molecule has 11 aromatic rings. The molecular weight excluding hydrogens is 669 g/mol. The van der Waals surface area contributed by atoms with Gasteiger partial charge in [-0.25, -0.2) is 4.98 Å². The standard InChI is InChI=1S/C51H32N4/c1-3-13-33(14-4-1)41-23-11-20-36-21-12-24-42(47(36)41)35-25-27-38(28-26-35)50-52-49(37-16-5-2-6-17-37)53-51(54-50)55-45-30-29-34-15-9-10-22-43(34)48(45)44-31-39-18-7-8-19-40(39)32-46(44)55/h1-32H. The Morgan fingerprint density at radius 3 is 1.53 bits per heavy atom. The van der Waals surface area contributed by atoms with Crippen molar-refractivity contribution in [2.45, 2.75) is 0 Å².